The molecule has 0 bridgehead atoms. The minimum Gasteiger partial charge on any atom is -0.379 e. The molecule has 0 aromatic heterocycles. The summed E-state index contributed by atoms with van der Waals surface area (Å²) >= 11 is 0. The summed E-state index contributed by atoms with van der Waals surface area (Å²) in [5, 5.41) is 6.11. The predicted octanol–water partition coefficient (Wildman–Crippen LogP) is -0.0243. The molecule has 0 saturated carbocycles. The van der Waals surface area contributed by atoms with E-state index in [-0.39, 0.29) is 5.91 Å². The van der Waals surface area contributed by atoms with E-state index < -0.39 is 10.0 Å². The first kappa shape index (κ1) is 18.3. The van der Waals surface area contributed by atoms with Gasteiger partial charge in [-0.05, 0) is 24.1 Å². The Kier molecular flexibility index (Phi) is 6.06. The van der Waals surface area contributed by atoms with Gasteiger partial charge < -0.3 is 15.4 Å². The van der Waals surface area contributed by atoms with Crippen molar-refractivity contribution >= 4 is 15.9 Å². The maximum Gasteiger partial charge on any atom is 0.243 e. The summed E-state index contributed by atoms with van der Waals surface area (Å²) in [6.07, 6.45) is 1.02. The molecule has 2 aliphatic rings. The fourth-order valence-electron chi connectivity index (χ4n) is 2.86. The number of carbonyl (C=O) groups is 1. The van der Waals surface area contributed by atoms with Gasteiger partial charge in [-0.3, -0.25) is 4.79 Å². The number of benzene rings is 1. The monoisotopic (exact) mass is 367 g/mol. The first-order chi connectivity index (χ1) is 12.1. The van der Waals surface area contributed by atoms with E-state index in [1.165, 1.54) is 4.31 Å². The lowest BCUT2D eigenvalue weighted by Gasteiger charge is -2.27. The molecule has 2 fully saturated rings. The van der Waals surface area contributed by atoms with Crippen molar-refractivity contribution in [3.63, 3.8) is 0 Å². The lowest BCUT2D eigenvalue weighted by molar-refractivity contribution is -0.121. The van der Waals surface area contributed by atoms with Gasteiger partial charge in [-0.25, -0.2) is 8.42 Å². The molecule has 8 heteroatoms. The number of hydrogen-bond donors (Lipinski definition) is 2. The fourth-order valence-corrected chi connectivity index (χ4v) is 4.27. The third-order valence-electron chi connectivity index (χ3n) is 4.63. The number of nitrogens with zero attached hydrogens (tertiary/aromatic N) is 1. The molecular weight excluding hydrogens is 342 g/mol. The SMILES string of the molecule is O=C(CCc1ccc(S(=O)(=O)N2CCOCC2)cc1)NCC1CNC1. The maximum atomic E-state index is 12.5. The van der Waals surface area contributed by atoms with Crippen molar-refractivity contribution < 1.29 is 17.9 Å². The van der Waals surface area contributed by atoms with Crippen LogP contribution in [0.5, 0.6) is 0 Å². The van der Waals surface area contributed by atoms with Gasteiger partial charge in [0.05, 0.1) is 18.1 Å². The number of aryl methyl sites for hydroxylation is 1. The summed E-state index contributed by atoms with van der Waals surface area (Å²) in [7, 11) is -3.46. The van der Waals surface area contributed by atoms with Crippen LogP contribution in [0.2, 0.25) is 0 Å². The minimum atomic E-state index is -3.46. The molecule has 25 heavy (non-hydrogen) atoms. The molecule has 1 amide bonds. The van der Waals surface area contributed by atoms with E-state index in [0.717, 1.165) is 25.2 Å². The van der Waals surface area contributed by atoms with Crippen molar-refractivity contribution in [2.45, 2.75) is 17.7 Å². The molecule has 2 aliphatic heterocycles. The molecule has 0 atom stereocenters. The molecular formula is C17H25N3O4S. The van der Waals surface area contributed by atoms with E-state index in [9.17, 15) is 13.2 Å². The second-order valence-corrected chi connectivity index (χ2v) is 8.43. The number of amides is 1. The normalized spacial score (nSPS) is 19.4. The van der Waals surface area contributed by atoms with Crippen LogP contribution >= 0.6 is 0 Å². The van der Waals surface area contributed by atoms with Crippen molar-refractivity contribution in [1.82, 2.24) is 14.9 Å². The number of nitrogens with one attached hydrogen (secondary N) is 2. The lowest BCUT2D eigenvalue weighted by atomic mass is 10.0. The highest BCUT2D eigenvalue weighted by atomic mass is 32.2. The molecule has 2 heterocycles. The molecule has 7 nitrogen and oxygen atoms in total. The molecule has 0 aliphatic carbocycles. The molecule has 1 aromatic rings. The standard InChI is InChI=1S/C17H25N3O4S/c21-17(19-13-15-11-18-12-15)6-3-14-1-4-16(5-2-14)25(22,23)20-7-9-24-10-8-20/h1-2,4-5,15,18H,3,6-13H2,(H,19,21). The molecule has 2 N–H and O–H groups in total. The van der Waals surface area contributed by atoms with Gasteiger partial charge in [-0.2, -0.15) is 4.31 Å². The maximum absolute atomic E-state index is 12.5. The second-order valence-electron chi connectivity index (χ2n) is 6.49. The van der Waals surface area contributed by atoms with Crippen molar-refractivity contribution in [3.8, 4) is 0 Å². The van der Waals surface area contributed by atoms with Gasteiger partial charge in [0.2, 0.25) is 15.9 Å². The first-order valence-corrected chi connectivity index (χ1v) is 10.1. The quantitative estimate of drug-likeness (QED) is 0.707. The summed E-state index contributed by atoms with van der Waals surface area (Å²) < 4.78 is 31.8. The van der Waals surface area contributed by atoms with Crippen LogP contribution in [-0.2, 0) is 26.0 Å². The van der Waals surface area contributed by atoms with Crippen LogP contribution in [0.25, 0.3) is 0 Å². The van der Waals surface area contributed by atoms with E-state index in [1.54, 1.807) is 24.3 Å². The zero-order valence-corrected chi connectivity index (χ0v) is 15.1. The van der Waals surface area contributed by atoms with E-state index in [1.807, 2.05) is 0 Å². The Labute approximate surface area is 148 Å². The van der Waals surface area contributed by atoms with Gasteiger partial charge in [0, 0.05) is 45.1 Å². The Morgan fingerprint density at radius 2 is 1.88 bits per heavy atom. The third kappa shape index (κ3) is 4.78. The zero-order valence-electron chi connectivity index (χ0n) is 14.2. The van der Waals surface area contributed by atoms with Gasteiger partial charge in [0.1, 0.15) is 0 Å². The average molecular weight is 367 g/mol. The average Bonchev–Trinajstić information content (AvgIpc) is 2.60. The van der Waals surface area contributed by atoms with E-state index in [4.69, 9.17) is 4.74 Å². The summed E-state index contributed by atoms with van der Waals surface area (Å²) in [5.41, 5.74) is 0.960. The topological polar surface area (TPSA) is 87.7 Å². The van der Waals surface area contributed by atoms with Crippen molar-refractivity contribution in [2.24, 2.45) is 5.92 Å². The zero-order chi connectivity index (χ0) is 17.7. The number of hydrogen-bond acceptors (Lipinski definition) is 5. The summed E-state index contributed by atoms with van der Waals surface area (Å²) in [4.78, 5) is 12.1. The highest BCUT2D eigenvalue weighted by Gasteiger charge is 2.26. The van der Waals surface area contributed by atoms with Crippen LogP contribution in [0.3, 0.4) is 0 Å². The summed E-state index contributed by atoms with van der Waals surface area (Å²) in [6, 6.07) is 6.82. The number of ether oxygens (including phenoxy) is 1. The minimum absolute atomic E-state index is 0.0388. The first-order valence-electron chi connectivity index (χ1n) is 8.70. The Morgan fingerprint density at radius 1 is 1.20 bits per heavy atom. The van der Waals surface area contributed by atoms with Crippen molar-refractivity contribution in [3.05, 3.63) is 29.8 Å². The van der Waals surface area contributed by atoms with Gasteiger partial charge in [0.25, 0.3) is 0 Å². The highest BCUT2D eigenvalue weighted by Crippen LogP contribution is 2.18. The Morgan fingerprint density at radius 3 is 2.48 bits per heavy atom. The molecule has 3 rings (SSSR count). The predicted molar refractivity (Wildman–Crippen MR) is 93.7 cm³/mol. The second kappa shape index (κ2) is 8.27. The van der Waals surface area contributed by atoms with Gasteiger partial charge in [-0.1, -0.05) is 12.1 Å². The number of rotatable bonds is 7. The lowest BCUT2D eigenvalue weighted by Crippen LogP contribution is -2.48. The third-order valence-corrected chi connectivity index (χ3v) is 6.54. The summed E-state index contributed by atoms with van der Waals surface area (Å²) in [6.45, 7) is 4.31. The Balaban J connectivity index is 1.50. The van der Waals surface area contributed by atoms with Gasteiger partial charge in [-0.15, -0.1) is 0 Å². The van der Waals surface area contributed by atoms with E-state index >= 15 is 0 Å². The van der Waals surface area contributed by atoms with Crippen LogP contribution in [0.4, 0.5) is 0 Å². The Bertz CT molecular complexity index is 680. The van der Waals surface area contributed by atoms with Crippen LogP contribution in [-0.4, -0.2) is 64.6 Å². The molecule has 0 unspecified atom stereocenters. The number of carbonyl (C=O) groups excluding carboxylic acids is 1. The molecule has 1 aromatic carbocycles. The van der Waals surface area contributed by atoms with Crippen molar-refractivity contribution in [1.29, 1.82) is 0 Å². The van der Waals surface area contributed by atoms with Gasteiger partial charge >= 0.3 is 0 Å². The van der Waals surface area contributed by atoms with Crippen LogP contribution in [0.1, 0.15) is 12.0 Å². The Hall–Kier alpha value is -1.48. The van der Waals surface area contributed by atoms with E-state index in [2.05, 4.69) is 10.6 Å². The fraction of sp³-hybridized carbons (Fsp3) is 0.588. The van der Waals surface area contributed by atoms with Gasteiger partial charge in [0.15, 0.2) is 0 Å². The molecule has 0 spiro atoms. The molecule has 0 radical (unpaired) electrons. The van der Waals surface area contributed by atoms with Crippen LogP contribution in [0.15, 0.2) is 29.2 Å². The number of morpholine rings is 1. The van der Waals surface area contributed by atoms with Crippen LogP contribution < -0.4 is 10.6 Å². The number of sulfonamides is 1. The molecule has 138 valence electrons. The molecule has 2 saturated heterocycles. The largest absolute Gasteiger partial charge is 0.379 e. The van der Waals surface area contributed by atoms with Crippen molar-refractivity contribution in [2.75, 3.05) is 45.9 Å². The van der Waals surface area contributed by atoms with E-state index in [0.29, 0.717) is 50.0 Å². The van der Waals surface area contributed by atoms with Crippen LogP contribution in [0, 0.1) is 5.92 Å². The summed E-state index contributed by atoms with van der Waals surface area (Å²) in [5.74, 6) is 0.588. The smallest absolute Gasteiger partial charge is 0.243 e. The highest BCUT2D eigenvalue weighted by molar-refractivity contribution is 7.89.